The van der Waals surface area contributed by atoms with E-state index in [1.165, 1.54) is 0 Å². The van der Waals surface area contributed by atoms with Gasteiger partial charge in [0.05, 0.1) is 6.54 Å². The molecule has 0 unspecified atom stereocenters. The predicted octanol–water partition coefficient (Wildman–Crippen LogP) is 2.22. The van der Waals surface area contributed by atoms with E-state index in [-0.39, 0.29) is 5.91 Å². The zero-order chi connectivity index (χ0) is 14.8. The molecule has 0 fully saturated rings. The van der Waals surface area contributed by atoms with Gasteiger partial charge in [-0.3, -0.25) is 14.7 Å². The third-order valence-electron chi connectivity index (χ3n) is 3.76. The number of hydrogen-bond acceptors (Lipinski definition) is 4. The summed E-state index contributed by atoms with van der Waals surface area (Å²) < 4.78 is 0. The van der Waals surface area contributed by atoms with Crippen molar-refractivity contribution >= 4 is 11.7 Å². The van der Waals surface area contributed by atoms with Crippen LogP contribution in [-0.4, -0.2) is 20.9 Å². The maximum Gasteiger partial charge on any atom is 0.228 e. The first kappa shape index (κ1) is 13.7. The molecule has 0 aromatic carbocycles. The Hall–Kier alpha value is -2.30. The fraction of sp³-hybridized carbons (Fsp3) is 0.375. The van der Waals surface area contributed by atoms with Gasteiger partial charge in [-0.05, 0) is 25.0 Å². The van der Waals surface area contributed by atoms with Gasteiger partial charge in [0.25, 0.3) is 0 Å². The van der Waals surface area contributed by atoms with Crippen LogP contribution in [-0.2, 0) is 24.2 Å². The van der Waals surface area contributed by atoms with Gasteiger partial charge in [0, 0.05) is 36.5 Å². The van der Waals surface area contributed by atoms with Crippen molar-refractivity contribution in [2.45, 2.75) is 39.7 Å². The lowest BCUT2D eigenvalue weighted by molar-refractivity contribution is -0.119. The number of nitrogens with zero attached hydrogens (tertiary/aromatic N) is 4. The van der Waals surface area contributed by atoms with E-state index in [4.69, 9.17) is 0 Å². The van der Waals surface area contributed by atoms with Crippen LogP contribution in [0.4, 0.5) is 5.82 Å². The van der Waals surface area contributed by atoms with E-state index in [9.17, 15) is 4.79 Å². The highest BCUT2D eigenvalue weighted by Crippen LogP contribution is 2.29. The van der Waals surface area contributed by atoms with Crippen LogP contribution in [0, 0.1) is 6.92 Å². The Balaban J connectivity index is 2.02. The summed E-state index contributed by atoms with van der Waals surface area (Å²) in [6.45, 7) is 4.54. The minimum absolute atomic E-state index is 0.117. The molecular formula is C16H18N4O. The summed E-state index contributed by atoms with van der Waals surface area (Å²) in [6.07, 6.45) is 5.53. The average Bonchev–Trinajstić information content (AvgIpc) is 2.51. The lowest BCUT2D eigenvalue weighted by atomic mass is 10.0. The van der Waals surface area contributed by atoms with Crippen molar-refractivity contribution in [1.29, 1.82) is 0 Å². The predicted molar refractivity (Wildman–Crippen MR) is 79.9 cm³/mol. The Morgan fingerprint density at radius 2 is 2.14 bits per heavy atom. The maximum absolute atomic E-state index is 12.3. The minimum Gasteiger partial charge on any atom is -0.292 e. The lowest BCUT2D eigenvalue weighted by Crippen LogP contribution is -2.36. The molecule has 0 saturated carbocycles. The highest BCUT2D eigenvalue weighted by atomic mass is 16.2. The Kier molecular flexibility index (Phi) is 3.64. The molecule has 0 spiro atoms. The van der Waals surface area contributed by atoms with Gasteiger partial charge >= 0.3 is 0 Å². The van der Waals surface area contributed by atoms with E-state index in [1.807, 2.05) is 26.0 Å². The van der Waals surface area contributed by atoms with Gasteiger partial charge in [-0.15, -0.1) is 0 Å². The van der Waals surface area contributed by atoms with E-state index >= 15 is 0 Å². The van der Waals surface area contributed by atoms with Gasteiger partial charge < -0.3 is 0 Å². The van der Waals surface area contributed by atoms with Gasteiger partial charge in [-0.25, -0.2) is 9.97 Å². The fourth-order valence-electron chi connectivity index (χ4n) is 2.63. The van der Waals surface area contributed by atoms with Crippen LogP contribution >= 0.6 is 0 Å². The molecule has 5 nitrogen and oxygen atoms in total. The molecule has 0 aliphatic carbocycles. The van der Waals surface area contributed by atoms with Gasteiger partial charge in [0.15, 0.2) is 0 Å². The summed E-state index contributed by atoms with van der Waals surface area (Å²) in [4.78, 5) is 27.3. The Morgan fingerprint density at radius 3 is 2.86 bits per heavy atom. The van der Waals surface area contributed by atoms with Crippen LogP contribution in [0.2, 0.25) is 0 Å². The Morgan fingerprint density at radius 1 is 1.29 bits per heavy atom. The Bertz CT molecular complexity index is 669. The van der Waals surface area contributed by atoms with Crippen molar-refractivity contribution in [3.05, 3.63) is 47.2 Å². The van der Waals surface area contributed by atoms with Crippen molar-refractivity contribution < 1.29 is 4.79 Å². The SMILES string of the molecule is CCc1nc(C)c2c(n1)N(Cc1cccnc1)C(=O)CC2. The maximum atomic E-state index is 12.3. The van der Waals surface area contributed by atoms with Crippen molar-refractivity contribution in [3.8, 4) is 0 Å². The molecule has 0 bridgehead atoms. The molecule has 3 rings (SSSR count). The molecule has 1 aliphatic heterocycles. The molecule has 1 amide bonds. The highest BCUT2D eigenvalue weighted by Gasteiger charge is 2.27. The number of carbonyl (C=O) groups excluding carboxylic acids is 1. The summed E-state index contributed by atoms with van der Waals surface area (Å²) in [5.41, 5.74) is 3.09. The molecule has 108 valence electrons. The van der Waals surface area contributed by atoms with Gasteiger partial charge in [0.1, 0.15) is 11.6 Å². The zero-order valence-corrected chi connectivity index (χ0v) is 12.3. The summed E-state index contributed by atoms with van der Waals surface area (Å²) in [7, 11) is 0. The standard InChI is InChI=1S/C16H18N4O/c1-3-14-18-11(2)13-6-7-15(21)20(16(13)19-14)10-12-5-4-8-17-9-12/h4-5,8-9H,3,6-7,10H2,1-2H3. The lowest BCUT2D eigenvalue weighted by Gasteiger charge is -2.29. The first-order chi connectivity index (χ1) is 10.2. The van der Waals surface area contributed by atoms with Gasteiger partial charge in [0.2, 0.25) is 5.91 Å². The number of anilines is 1. The van der Waals surface area contributed by atoms with E-state index in [1.54, 1.807) is 17.3 Å². The van der Waals surface area contributed by atoms with Crippen LogP contribution in [0.5, 0.6) is 0 Å². The van der Waals surface area contributed by atoms with Crippen LogP contribution in [0.25, 0.3) is 0 Å². The smallest absolute Gasteiger partial charge is 0.228 e. The number of aryl methyl sites for hydroxylation is 2. The Labute approximate surface area is 124 Å². The van der Waals surface area contributed by atoms with Gasteiger partial charge in [-0.2, -0.15) is 0 Å². The molecule has 0 saturated heterocycles. The number of amides is 1. The molecule has 3 heterocycles. The molecule has 21 heavy (non-hydrogen) atoms. The first-order valence-electron chi connectivity index (χ1n) is 7.24. The normalized spacial score (nSPS) is 14.2. The number of hydrogen-bond donors (Lipinski definition) is 0. The molecule has 2 aromatic heterocycles. The quantitative estimate of drug-likeness (QED) is 0.866. The first-order valence-corrected chi connectivity index (χ1v) is 7.24. The molecule has 0 N–H and O–H groups in total. The van der Waals surface area contributed by atoms with Crippen molar-refractivity contribution in [2.24, 2.45) is 0 Å². The van der Waals surface area contributed by atoms with Crippen molar-refractivity contribution in [3.63, 3.8) is 0 Å². The topological polar surface area (TPSA) is 59.0 Å². The zero-order valence-electron chi connectivity index (χ0n) is 12.3. The molecule has 1 aliphatic rings. The third kappa shape index (κ3) is 2.63. The second kappa shape index (κ2) is 5.60. The number of rotatable bonds is 3. The largest absolute Gasteiger partial charge is 0.292 e. The average molecular weight is 282 g/mol. The summed E-state index contributed by atoms with van der Waals surface area (Å²) in [5, 5.41) is 0. The van der Waals surface area contributed by atoms with Crippen LogP contribution in [0.3, 0.4) is 0 Å². The number of fused-ring (bicyclic) bond motifs is 1. The van der Waals surface area contributed by atoms with Crippen molar-refractivity contribution in [1.82, 2.24) is 15.0 Å². The third-order valence-corrected chi connectivity index (χ3v) is 3.76. The monoisotopic (exact) mass is 282 g/mol. The molecule has 0 atom stereocenters. The summed E-state index contributed by atoms with van der Waals surface area (Å²) >= 11 is 0. The number of pyridine rings is 1. The van der Waals surface area contributed by atoms with E-state index in [0.29, 0.717) is 13.0 Å². The van der Waals surface area contributed by atoms with Crippen LogP contribution in [0.15, 0.2) is 24.5 Å². The number of carbonyl (C=O) groups is 1. The van der Waals surface area contributed by atoms with E-state index < -0.39 is 0 Å². The van der Waals surface area contributed by atoms with Gasteiger partial charge in [-0.1, -0.05) is 13.0 Å². The van der Waals surface area contributed by atoms with Crippen LogP contribution in [0.1, 0.15) is 36.0 Å². The molecule has 0 radical (unpaired) electrons. The second-order valence-corrected chi connectivity index (χ2v) is 5.22. The van der Waals surface area contributed by atoms with Crippen LogP contribution < -0.4 is 4.90 Å². The summed E-state index contributed by atoms with van der Waals surface area (Å²) in [5.74, 6) is 1.68. The minimum atomic E-state index is 0.117. The van der Waals surface area contributed by atoms with E-state index in [2.05, 4.69) is 15.0 Å². The van der Waals surface area contributed by atoms with E-state index in [0.717, 1.165) is 41.3 Å². The second-order valence-electron chi connectivity index (χ2n) is 5.22. The highest BCUT2D eigenvalue weighted by molar-refractivity contribution is 5.95. The molecular weight excluding hydrogens is 264 g/mol. The fourth-order valence-corrected chi connectivity index (χ4v) is 2.63. The number of aromatic nitrogens is 3. The molecule has 2 aromatic rings. The van der Waals surface area contributed by atoms with Crippen molar-refractivity contribution in [2.75, 3.05) is 4.90 Å². The molecule has 5 heteroatoms. The summed E-state index contributed by atoms with van der Waals surface area (Å²) in [6, 6.07) is 3.86.